The molecule has 3 aromatic rings. The number of likely N-dealkylation sites (N-methyl/N-ethyl adjacent to an activating group) is 1. The van der Waals surface area contributed by atoms with Crippen LogP contribution in [0.4, 0.5) is 5.69 Å². The van der Waals surface area contributed by atoms with Crippen molar-refractivity contribution in [2.24, 2.45) is 5.10 Å². The van der Waals surface area contributed by atoms with E-state index < -0.39 is 26.0 Å². The number of thiophene rings is 1. The minimum atomic E-state index is -3.87. The van der Waals surface area contributed by atoms with Gasteiger partial charge in [-0.3, -0.25) is 14.5 Å². The van der Waals surface area contributed by atoms with Crippen LogP contribution in [-0.2, 0) is 20.0 Å². The fraction of sp³-hybridized carbons (Fsp3) is 0.261. The van der Waals surface area contributed by atoms with E-state index in [0.29, 0.717) is 37.5 Å². The molecular weight excluding hydrogens is 536 g/mol. The fourth-order valence-electron chi connectivity index (χ4n) is 3.59. The van der Waals surface area contributed by atoms with Crippen LogP contribution in [-0.4, -0.2) is 75.9 Å². The summed E-state index contributed by atoms with van der Waals surface area (Å²) in [4.78, 5) is 19.0. The zero-order chi connectivity index (χ0) is 26.6. The van der Waals surface area contributed by atoms with Crippen LogP contribution in [0, 0.1) is 0 Å². The SMILES string of the molecule is CC(=NNC(=O)c1ccncc1NS(=O)(=O)c1cccs1)c1ccc(S(=O)(=O)N2CCN(C)CC2)cc1. The summed E-state index contributed by atoms with van der Waals surface area (Å²) in [6, 6.07) is 10.7. The molecule has 4 rings (SSSR count). The van der Waals surface area contributed by atoms with Gasteiger partial charge in [0.2, 0.25) is 10.0 Å². The summed E-state index contributed by atoms with van der Waals surface area (Å²) in [6.07, 6.45) is 2.62. The van der Waals surface area contributed by atoms with Crippen LogP contribution >= 0.6 is 11.3 Å². The number of hydrazone groups is 1. The number of sulfonamides is 2. The maximum Gasteiger partial charge on any atom is 0.273 e. The average molecular weight is 563 g/mol. The number of aromatic nitrogens is 1. The monoisotopic (exact) mass is 562 g/mol. The number of pyridine rings is 1. The number of anilines is 1. The molecule has 2 aromatic heterocycles. The Morgan fingerprint density at radius 1 is 1.03 bits per heavy atom. The lowest BCUT2D eigenvalue weighted by Crippen LogP contribution is -2.46. The van der Waals surface area contributed by atoms with Gasteiger partial charge in [-0.25, -0.2) is 22.3 Å². The van der Waals surface area contributed by atoms with Crippen molar-refractivity contribution in [1.82, 2.24) is 19.6 Å². The summed E-state index contributed by atoms with van der Waals surface area (Å²) < 4.78 is 54.9. The predicted molar refractivity (Wildman–Crippen MR) is 142 cm³/mol. The molecule has 1 aromatic carbocycles. The molecule has 0 spiro atoms. The normalized spacial score (nSPS) is 15.9. The third kappa shape index (κ3) is 6.22. The molecule has 1 fully saturated rings. The minimum absolute atomic E-state index is 0.0136. The molecule has 2 N–H and O–H groups in total. The summed E-state index contributed by atoms with van der Waals surface area (Å²) in [5.74, 6) is -0.639. The van der Waals surface area contributed by atoms with Crippen molar-refractivity contribution in [3.05, 3.63) is 71.4 Å². The van der Waals surface area contributed by atoms with Crippen molar-refractivity contribution >= 4 is 48.7 Å². The molecule has 14 heteroatoms. The van der Waals surface area contributed by atoms with Crippen LogP contribution in [0.3, 0.4) is 0 Å². The van der Waals surface area contributed by atoms with Gasteiger partial charge in [0.1, 0.15) is 4.21 Å². The van der Waals surface area contributed by atoms with Crippen LogP contribution in [0.5, 0.6) is 0 Å². The first kappa shape index (κ1) is 26.9. The molecule has 1 aliphatic rings. The van der Waals surface area contributed by atoms with Gasteiger partial charge in [-0.1, -0.05) is 18.2 Å². The Balaban J connectivity index is 1.45. The van der Waals surface area contributed by atoms with E-state index >= 15 is 0 Å². The van der Waals surface area contributed by atoms with Gasteiger partial charge >= 0.3 is 0 Å². The molecule has 3 heterocycles. The number of carbonyl (C=O) groups is 1. The lowest BCUT2D eigenvalue weighted by molar-refractivity contribution is 0.0955. The average Bonchev–Trinajstić information content (AvgIpc) is 3.44. The first-order valence-corrected chi connectivity index (χ1v) is 15.0. The van der Waals surface area contributed by atoms with Crippen LogP contribution in [0.25, 0.3) is 0 Å². The molecule has 0 aliphatic carbocycles. The molecular formula is C23H26N6O5S3. The van der Waals surface area contributed by atoms with Crippen LogP contribution in [0.15, 0.2) is 74.4 Å². The van der Waals surface area contributed by atoms with Gasteiger partial charge in [-0.2, -0.15) is 9.41 Å². The molecule has 0 radical (unpaired) electrons. The second kappa shape index (κ2) is 11.1. The standard InChI is InChI=1S/C23H26N6O5S3/c1-17(18-5-7-19(8-6-18)37(33,34)29-13-11-28(2)12-14-29)25-26-23(30)20-9-10-24-16-21(20)27-36(31,32)22-4-3-15-35-22/h3-10,15-16,27H,11-14H2,1-2H3,(H,26,30). The Hall–Kier alpha value is -3.17. The highest BCUT2D eigenvalue weighted by Gasteiger charge is 2.27. The van der Waals surface area contributed by atoms with Gasteiger partial charge in [-0.05, 0) is 49.2 Å². The molecule has 0 saturated carbocycles. The van der Waals surface area contributed by atoms with Crippen molar-refractivity contribution in [3.8, 4) is 0 Å². The highest BCUT2D eigenvalue weighted by Crippen LogP contribution is 2.22. The lowest BCUT2D eigenvalue weighted by atomic mass is 10.1. The number of benzene rings is 1. The van der Waals surface area contributed by atoms with Crippen LogP contribution in [0.2, 0.25) is 0 Å². The fourth-order valence-corrected chi connectivity index (χ4v) is 7.07. The molecule has 0 unspecified atom stereocenters. The van der Waals surface area contributed by atoms with E-state index in [-0.39, 0.29) is 20.4 Å². The van der Waals surface area contributed by atoms with Gasteiger partial charge in [0.05, 0.1) is 28.1 Å². The second-order valence-corrected chi connectivity index (χ2v) is 13.1. The van der Waals surface area contributed by atoms with E-state index in [1.165, 1.54) is 41.0 Å². The van der Waals surface area contributed by atoms with E-state index in [0.717, 1.165) is 11.3 Å². The molecule has 0 atom stereocenters. The first-order valence-electron chi connectivity index (χ1n) is 11.2. The number of nitrogens with zero attached hydrogens (tertiary/aromatic N) is 4. The Morgan fingerprint density at radius 3 is 2.38 bits per heavy atom. The summed E-state index contributed by atoms with van der Waals surface area (Å²) >= 11 is 1.05. The van der Waals surface area contributed by atoms with Gasteiger partial charge in [0.25, 0.3) is 15.9 Å². The molecule has 11 nitrogen and oxygen atoms in total. The highest BCUT2D eigenvalue weighted by atomic mass is 32.2. The van der Waals surface area contributed by atoms with Crippen molar-refractivity contribution in [2.45, 2.75) is 16.0 Å². The van der Waals surface area contributed by atoms with Crippen LogP contribution in [0.1, 0.15) is 22.8 Å². The van der Waals surface area contributed by atoms with Crippen molar-refractivity contribution < 1.29 is 21.6 Å². The molecule has 1 saturated heterocycles. The Bertz CT molecular complexity index is 1500. The number of nitrogens with one attached hydrogen (secondary N) is 2. The van der Waals surface area contributed by atoms with E-state index in [1.807, 2.05) is 7.05 Å². The molecule has 1 aliphatic heterocycles. The van der Waals surface area contributed by atoms with E-state index in [2.05, 4.69) is 25.1 Å². The number of hydrogen-bond acceptors (Lipinski definition) is 9. The zero-order valence-electron chi connectivity index (χ0n) is 20.2. The summed E-state index contributed by atoms with van der Waals surface area (Å²) in [5, 5.41) is 5.74. The minimum Gasteiger partial charge on any atom is -0.304 e. The van der Waals surface area contributed by atoms with Crippen molar-refractivity contribution in [1.29, 1.82) is 0 Å². The predicted octanol–water partition coefficient (Wildman–Crippen LogP) is 2.03. The largest absolute Gasteiger partial charge is 0.304 e. The maximum absolute atomic E-state index is 12.9. The third-order valence-electron chi connectivity index (χ3n) is 5.77. The van der Waals surface area contributed by atoms with E-state index in [4.69, 9.17) is 0 Å². The Labute approximate surface area is 219 Å². The third-order valence-corrected chi connectivity index (χ3v) is 10.4. The summed E-state index contributed by atoms with van der Waals surface area (Å²) in [5.41, 5.74) is 3.53. The Morgan fingerprint density at radius 2 is 1.73 bits per heavy atom. The quantitative estimate of drug-likeness (QED) is 0.316. The highest BCUT2D eigenvalue weighted by molar-refractivity contribution is 7.94. The van der Waals surface area contributed by atoms with Crippen molar-refractivity contribution in [2.75, 3.05) is 37.9 Å². The van der Waals surface area contributed by atoms with E-state index in [1.54, 1.807) is 30.5 Å². The smallest absolute Gasteiger partial charge is 0.273 e. The number of carbonyl (C=O) groups excluding carboxylic acids is 1. The number of hydrogen-bond donors (Lipinski definition) is 2. The van der Waals surface area contributed by atoms with Gasteiger partial charge in [0.15, 0.2) is 0 Å². The summed E-state index contributed by atoms with van der Waals surface area (Å²) in [7, 11) is -5.50. The second-order valence-electron chi connectivity index (χ2n) is 8.33. The number of piperazine rings is 1. The lowest BCUT2D eigenvalue weighted by Gasteiger charge is -2.31. The van der Waals surface area contributed by atoms with Gasteiger partial charge in [-0.15, -0.1) is 11.3 Å². The zero-order valence-corrected chi connectivity index (χ0v) is 22.6. The van der Waals surface area contributed by atoms with Gasteiger partial charge in [0, 0.05) is 32.4 Å². The maximum atomic E-state index is 12.9. The molecule has 37 heavy (non-hydrogen) atoms. The van der Waals surface area contributed by atoms with E-state index in [9.17, 15) is 21.6 Å². The van der Waals surface area contributed by atoms with Crippen LogP contribution < -0.4 is 10.1 Å². The van der Waals surface area contributed by atoms with Crippen molar-refractivity contribution in [3.63, 3.8) is 0 Å². The summed E-state index contributed by atoms with van der Waals surface area (Å²) in [6.45, 7) is 3.90. The molecule has 196 valence electrons. The number of amides is 1. The molecule has 0 bridgehead atoms. The number of rotatable bonds is 8. The topological polar surface area (TPSA) is 141 Å². The first-order chi connectivity index (χ1) is 17.6. The Kier molecular flexibility index (Phi) is 8.04. The van der Waals surface area contributed by atoms with Gasteiger partial charge < -0.3 is 4.90 Å². The molecule has 1 amide bonds.